The molecule has 0 aromatic carbocycles. The highest BCUT2D eigenvalue weighted by atomic mass is 16.2. The van der Waals surface area contributed by atoms with E-state index in [1.165, 1.54) is 12.8 Å². The Hall–Kier alpha value is -0.570. The van der Waals surface area contributed by atoms with E-state index in [-0.39, 0.29) is 0 Å². The highest BCUT2D eigenvalue weighted by Gasteiger charge is 2.33. The average molecular weight is 224 g/mol. The van der Waals surface area contributed by atoms with Crippen LogP contribution >= 0.6 is 0 Å². The normalized spacial score (nSPS) is 25.4. The van der Waals surface area contributed by atoms with Crippen molar-refractivity contribution in [3.8, 4) is 0 Å². The number of carbonyl (C=O) groups is 1. The number of nitrogens with zero attached hydrogens (tertiary/aromatic N) is 1. The van der Waals surface area contributed by atoms with E-state index >= 15 is 0 Å². The molecule has 0 spiro atoms. The van der Waals surface area contributed by atoms with Gasteiger partial charge in [-0.25, -0.2) is 0 Å². The first-order valence-corrected chi connectivity index (χ1v) is 6.80. The van der Waals surface area contributed by atoms with Crippen molar-refractivity contribution in [1.82, 2.24) is 10.2 Å². The molecule has 1 unspecified atom stereocenters. The highest BCUT2D eigenvalue weighted by molar-refractivity contribution is 5.81. The van der Waals surface area contributed by atoms with Crippen LogP contribution in [0.15, 0.2) is 0 Å². The lowest BCUT2D eigenvalue weighted by Gasteiger charge is -2.30. The molecule has 1 aliphatic carbocycles. The van der Waals surface area contributed by atoms with Crippen molar-refractivity contribution in [2.24, 2.45) is 11.8 Å². The fourth-order valence-electron chi connectivity index (χ4n) is 2.54. The molecule has 1 saturated heterocycles. The lowest BCUT2D eigenvalue weighted by Crippen LogP contribution is -2.42. The van der Waals surface area contributed by atoms with Gasteiger partial charge in [0.2, 0.25) is 5.91 Å². The molecule has 1 saturated carbocycles. The molecule has 1 N–H and O–H groups in total. The number of hydrogen-bond donors (Lipinski definition) is 1. The van der Waals surface area contributed by atoms with Gasteiger partial charge in [-0.3, -0.25) is 4.79 Å². The minimum atomic E-state index is 0.378. The zero-order valence-corrected chi connectivity index (χ0v) is 10.4. The monoisotopic (exact) mass is 224 g/mol. The third kappa shape index (κ3) is 3.21. The molecule has 1 atom stereocenters. The van der Waals surface area contributed by atoms with Crippen LogP contribution in [-0.2, 0) is 4.79 Å². The van der Waals surface area contributed by atoms with Crippen molar-refractivity contribution < 1.29 is 4.79 Å². The van der Waals surface area contributed by atoms with Gasteiger partial charge in [-0.15, -0.1) is 0 Å². The van der Waals surface area contributed by atoms with Gasteiger partial charge in [-0.2, -0.15) is 0 Å². The summed E-state index contributed by atoms with van der Waals surface area (Å²) < 4.78 is 0. The summed E-state index contributed by atoms with van der Waals surface area (Å²) >= 11 is 0. The van der Waals surface area contributed by atoms with Crippen LogP contribution < -0.4 is 5.32 Å². The van der Waals surface area contributed by atoms with Gasteiger partial charge in [0, 0.05) is 19.0 Å². The van der Waals surface area contributed by atoms with Crippen molar-refractivity contribution in [3.63, 3.8) is 0 Å². The Kier molecular flexibility index (Phi) is 4.22. The van der Waals surface area contributed by atoms with E-state index in [9.17, 15) is 4.79 Å². The van der Waals surface area contributed by atoms with Gasteiger partial charge in [0.15, 0.2) is 0 Å². The number of rotatable bonds is 5. The van der Waals surface area contributed by atoms with E-state index in [0.29, 0.717) is 17.7 Å². The van der Waals surface area contributed by atoms with Crippen LogP contribution in [0, 0.1) is 11.8 Å². The first kappa shape index (κ1) is 11.9. The minimum absolute atomic E-state index is 0.378. The second kappa shape index (κ2) is 5.67. The molecule has 0 bridgehead atoms. The Balaban J connectivity index is 1.82. The lowest BCUT2D eigenvalue weighted by atomic mass is 9.99. The Morgan fingerprint density at radius 2 is 2.19 bits per heavy atom. The smallest absolute Gasteiger partial charge is 0.225 e. The molecule has 1 aliphatic heterocycles. The Labute approximate surface area is 98.6 Å². The predicted octanol–water partition coefficient (Wildman–Crippen LogP) is 1.63. The minimum Gasteiger partial charge on any atom is -0.342 e. The topological polar surface area (TPSA) is 32.3 Å². The van der Waals surface area contributed by atoms with Crippen LogP contribution in [0.1, 0.15) is 39.0 Å². The van der Waals surface area contributed by atoms with Crippen molar-refractivity contribution in [2.45, 2.75) is 39.0 Å². The first-order chi connectivity index (χ1) is 7.81. The van der Waals surface area contributed by atoms with Crippen LogP contribution in [0.2, 0.25) is 0 Å². The molecule has 1 amide bonds. The van der Waals surface area contributed by atoms with Crippen LogP contribution in [0.4, 0.5) is 0 Å². The molecule has 2 fully saturated rings. The summed E-state index contributed by atoms with van der Waals surface area (Å²) in [7, 11) is 0. The summed E-state index contributed by atoms with van der Waals surface area (Å²) in [5.74, 6) is 1.48. The van der Waals surface area contributed by atoms with Gasteiger partial charge in [0.25, 0.3) is 0 Å². The molecule has 3 nitrogen and oxygen atoms in total. The van der Waals surface area contributed by atoms with E-state index in [4.69, 9.17) is 0 Å². The molecule has 0 radical (unpaired) electrons. The molecule has 2 rings (SSSR count). The van der Waals surface area contributed by atoms with E-state index in [1.807, 2.05) is 0 Å². The standard InChI is InChI=1S/C13H24N2O/c1-2-8-15(13(16)12-5-6-12)10-11-4-3-7-14-9-11/h11-12,14H,2-10H2,1H3. The molecule has 16 heavy (non-hydrogen) atoms. The van der Waals surface area contributed by atoms with Gasteiger partial charge >= 0.3 is 0 Å². The van der Waals surface area contributed by atoms with E-state index < -0.39 is 0 Å². The fourth-order valence-corrected chi connectivity index (χ4v) is 2.54. The van der Waals surface area contributed by atoms with Crippen LogP contribution in [0.3, 0.4) is 0 Å². The summed E-state index contributed by atoms with van der Waals surface area (Å²) in [5, 5.41) is 3.43. The Morgan fingerprint density at radius 1 is 1.38 bits per heavy atom. The second-order valence-electron chi connectivity index (χ2n) is 5.27. The quantitative estimate of drug-likeness (QED) is 0.770. The summed E-state index contributed by atoms with van der Waals surface area (Å²) in [6.45, 7) is 6.34. The number of piperidine rings is 1. The maximum atomic E-state index is 12.1. The summed E-state index contributed by atoms with van der Waals surface area (Å²) in [6.07, 6.45) is 5.88. The first-order valence-electron chi connectivity index (χ1n) is 6.80. The Bertz CT molecular complexity index is 232. The van der Waals surface area contributed by atoms with Crippen molar-refractivity contribution in [1.29, 1.82) is 0 Å². The van der Waals surface area contributed by atoms with Crippen molar-refractivity contribution in [2.75, 3.05) is 26.2 Å². The van der Waals surface area contributed by atoms with Gasteiger partial charge in [-0.05, 0) is 51.1 Å². The van der Waals surface area contributed by atoms with Crippen LogP contribution in [0.25, 0.3) is 0 Å². The molecule has 1 heterocycles. The van der Waals surface area contributed by atoms with E-state index in [1.54, 1.807) is 0 Å². The third-order valence-corrected chi connectivity index (χ3v) is 3.61. The molecule has 92 valence electrons. The summed E-state index contributed by atoms with van der Waals surface area (Å²) in [4.78, 5) is 14.2. The SMILES string of the molecule is CCCN(CC1CCCNC1)C(=O)C1CC1. The zero-order chi connectivity index (χ0) is 11.4. The van der Waals surface area contributed by atoms with Crippen LogP contribution in [0.5, 0.6) is 0 Å². The molecule has 2 aliphatic rings. The third-order valence-electron chi connectivity index (χ3n) is 3.61. The molecule has 0 aromatic rings. The van der Waals surface area contributed by atoms with Crippen molar-refractivity contribution >= 4 is 5.91 Å². The van der Waals surface area contributed by atoms with E-state index in [0.717, 1.165) is 45.4 Å². The largest absolute Gasteiger partial charge is 0.342 e. The zero-order valence-electron chi connectivity index (χ0n) is 10.4. The summed E-state index contributed by atoms with van der Waals surface area (Å²) in [6, 6.07) is 0. The molecular formula is C13H24N2O. The lowest BCUT2D eigenvalue weighted by molar-refractivity contribution is -0.133. The van der Waals surface area contributed by atoms with Crippen molar-refractivity contribution in [3.05, 3.63) is 0 Å². The number of nitrogens with one attached hydrogen (secondary N) is 1. The maximum Gasteiger partial charge on any atom is 0.225 e. The fraction of sp³-hybridized carbons (Fsp3) is 0.923. The number of amides is 1. The van der Waals surface area contributed by atoms with Gasteiger partial charge in [0.05, 0.1) is 0 Å². The predicted molar refractivity (Wildman–Crippen MR) is 65.2 cm³/mol. The molecule has 0 aromatic heterocycles. The average Bonchev–Trinajstić information content (AvgIpc) is 3.13. The van der Waals surface area contributed by atoms with Gasteiger partial charge < -0.3 is 10.2 Å². The van der Waals surface area contributed by atoms with Crippen LogP contribution in [-0.4, -0.2) is 37.0 Å². The molecular weight excluding hydrogens is 200 g/mol. The molecule has 3 heteroatoms. The van der Waals surface area contributed by atoms with E-state index in [2.05, 4.69) is 17.1 Å². The number of hydrogen-bond acceptors (Lipinski definition) is 2. The number of carbonyl (C=O) groups excluding carboxylic acids is 1. The van der Waals surface area contributed by atoms with Gasteiger partial charge in [-0.1, -0.05) is 6.92 Å². The maximum absolute atomic E-state index is 12.1. The second-order valence-corrected chi connectivity index (χ2v) is 5.27. The highest BCUT2D eigenvalue weighted by Crippen LogP contribution is 2.31. The Morgan fingerprint density at radius 3 is 2.75 bits per heavy atom. The summed E-state index contributed by atoms with van der Waals surface area (Å²) in [5.41, 5.74) is 0. The van der Waals surface area contributed by atoms with Gasteiger partial charge in [0.1, 0.15) is 0 Å².